The topological polar surface area (TPSA) is 54.4 Å². The van der Waals surface area contributed by atoms with E-state index in [-0.39, 0.29) is 10.6 Å². The minimum absolute atomic E-state index is 0.185. The Morgan fingerprint density at radius 2 is 2.07 bits per heavy atom. The summed E-state index contributed by atoms with van der Waals surface area (Å²) in [5.74, 6) is -0.185. The number of hydrogen-bond donors (Lipinski definition) is 1. The molecule has 1 aliphatic rings. The van der Waals surface area contributed by atoms with Crippen molar-refractivity contribution in [2.75, 3.05) is 5.75 Å². The van der Waals surface area contributed by atoms with Gasteiger partial charge in [-0.3, -0.25) is 0 Å². The summed E-state index contributed by atoms with van der Waals surface area (Å²) >= 11 is 0. The van der Waals surface area contributed by atoms with Gasteiger partial charge in [0.25, 0.3) is 0 Å². The van der Waals surface area contributed by atoms with Crippen LogP contribution in [0.5, 0.6) is 0 Å². The number of fused-ring (bicyclic) bond motifs is 1. The molecule has 76 valence electrons. The van der Waals surface area contributed by atoms with E-state index >= 15 is 0 Å². The lowest BCUT2D eigenvalue weighted by Gasteiger charge is -2.19. The summed E-state index contributed by atoms with van der Waals surface area (Å²) in [6, 6.07) is 6.67. The van der Waals surface area contributed by atoms with Gasteiger partial charge in [0.05, 0.1) is 10.6 Å². The van der Waals surface area contributed by atoms with Crippen LogP contribution < -0.4 is 0 Å². The number of benzene rings is 1. The largest absolute Gasteiger partial charge is 0.384 e. The van der Waals surface area contributed by atoms with Crippen molar-refractivity contribution in [2.45, 2.75) is 23.8 Å². The van der Waals surface area contributed by atoms with Crippen LogP contribution in [0.15, 0.2) is 29.2 Å². The molecule has 4 heteroatoms. The lowest BCUT2D eigenvalue weighted by Crippen LogP contribution is -2.26. The zero-order chi connectivity index (χ0) is 10.4. The molecule has 1 aromatic carbocycles. The van der Waals surface area contributed by atoms with Crippen molar-refractivity contribution in [3.63, 3.8) is 0 Å². The Morgan fingerprint density at radius 3 is 2.71 bits per heavy atom. The predicted molar refractivity (Wildman–Crippen MR) is 52.7 cm³/mol. The molecule has 1 atom stereocenters. The quantitative estimate of drug-likeness (QED) is 0.757. The average molecular weight is 212 g/mol. The molecule has 1 heterocycles. The van der Waals surface area contributed by atoms with E-state index in [1.807, 2.05) is 0 Å². The van der Waals surface area contributed by atoms with Gasteiger partial charge in [0.2, 0.25) is 0 Å². The Morgan fingerprint density at radius 1 is 1.43 bits per heavy atom. The minimum Gasteiger partial charge on any atom is -0.384 e. The fourth-order valence-corrected chi connectivity index (χ4v) is 3.91. The second-order valence-corrected chi connectivity index (χ2v) is 5.60. The minimum atomic E-state index is -3.28. The zero-order valence-corrected chi connectivity index (χ0v) is 8.71. The molecular formula is C10H12O3S. The molecule has 1 unspecified atom stereocenters. The third-order valence-electron chi connectivity index (χ3n) is 2.74. The van der Waals surface area contributed by atoms with Gasteiger partial charge in [0.1, 0.15) is 5.60 Å². The fraction of sp³-hybridized carbons (Fsp3) is 0.400. The fourth-order valence-electron chi connectivity index (χ4n) is 1.88. The summed E-state index contributed by atoms with van der Waals surface area (Å²) in [4.78, 5) is 0.282. The van der Waals surface area contributed by atoms with E-state index in [4.69, 9.17) is 0 Å². The molecule has 1 aliphatic heterocycles. The molecule has 0 radical (unpaired) electrons. The third kappa shape index (κ3) is 1.18. The van der Waals surface area contributed by atoms with E-state index in [0.717, 1.165) is 0 Å². The smallest absolute Gasteiger partial charge is 0.181 e. The maximum absolute atomic E-state index is 11.7. The van der Waals surface area contributed by atoms with Gasteiger partial charge in [-0.25, -0.2) is 8.42 Å². The monoisotopic (exact) mass is 212 g/mol. The second-order valence-electron chi connectivity index (χ2n) is 3.64. The third-order valence-corrected chi connectivity index (χ3v) is 4.62. The number of hydrogen-bond acceptors (Lipinski definition) is 3. The lowest BCUT2D eigenvalue weighted by atomic mass is 9.94. The Bertz CT molecular complexity index is 464. The van der Waals surface area contributed by atoms with Gasteiger partial charge in [-0.1, -0.05) is 25.1 Å². The first kappa shape index (κ1) is 9.68. The van der Waals surface area contributed by atoms with Crippen molar-refractivity contribution >= 4 is 9.84 Å². The second kappa shape index (κ2) is 2.81. The van der Waals surface area contributed by atoms with E-state index in [1.165, 1.54) is 0 Å². The molecule has 0 aliphatic carbocycles. The Balaban J connectivity index is 2.73. The van der Waals surface area contributed by atoms with E-state index in [1.54, 1.807) is 31.2 Å². The summed E-state index contributed by atoms with van der Waals surface area (Å²) in [5, 5.41) is 10.1. The summed E-state index contributed by atoms with van der Waals surface area (Å²) in [7, 11) is -3.28. The van der Waals surface area contributed by atoms with Crippen molar-refractivity contribution < 1.29 is 13.5 Å². The molecule has 14 heavy (non-hydrogen) atoms. The molecule has 1 aromatic rings. The Hall–Kier alpha value is -0.870. The van der Waals surface area contributed by atoms with Crippen molar-refractivity contribution in [1.29, 1.82) is 0 Å². The van der Waals surface area contributed by atoms with Gasteiger partial charge in [0.15, 0.2) is 9.84 Å². The van der Waals surface area contributed by atoms with Gasteiger partial charge < -0.3 is 5.11 Å². The molecule has 3 nitrogen and oxygen atoms in total. The van der Waals surface area contributed by atoms with Gasteiger partial charge in [0, 0.05) is 5.56 Å². The van der Waals surface area contributed by atoms with Crippen LogP contribution >= 0.6 is 0 Å². The molecule has 2 rings (SSSR count). The maximum Gasteiger partial charge on any atom is 0.181 e. The predicted octanol–water partition coefficient (Wildman–Crippen LogP) is 1.07. The Labute approximate surface area is 83.3 Å². The average Bonchev–Trinajstić information content (AvgIpc) is 2.37. The van der Waals surface area contributed by atoms with E-state index < -0.39 is 15.4 Å². The van der Waals surface area contributed by atoms with Crippen LogP contribution in [0.3, 0.4) is 0 Å². The van der Waals surface area contributed by atoms with Gasteiger partial charge in [-0.05, 0) is 12.5 Å². The molecule has 0 spiro atoms. The highest BCUT2D eigenvalue weighted by Gasteiger charge is 2.44. The first-order valence-corrected chi connectivity index (χ1v) is 6.19. The lowest BCUT2D eigenvalue weighted by molar-refractivity contribution is 0.0587. The van der Waals surface area contributed by atoms with Crippen LogP contribution in [-0.4, -0.2) is 19.3 Å². The van der Waals surface area contributed by atoms with Crippen LogP contribution in [0.1, 0.15) is 18.9 Å². The molecule has 1 N–H and O–H groups in total. The van der Waals surface area contributed by atoms with Crippen molar-refractivity contribution in [3.8, 4) is 0 Å². The van der Waals surface area contributed by atoms with E-state index in [2.05, 4.69) is 0 Å². The standard InChI is InChI=1S/C10H12O3S/c1-2-10(11)7-14(12,13)9-6-4-3-5-8(9)10/h3-6,11H,2,7H2,1H3. The molecule has 0 saturated heterocycles. The molecule has 0 saturated carbocycles. The SMILES string of the molecule is CCC1(O)CS(=O)(=O)c2ccccc21. The maximum atomic E-state index is 11.7. The van der Waals surface area contributed by atoms with Crippen molar-refractivity contribution in [2.24, 2.45) is 0 Å². The van der Waals surface area contributed by atoms with Crippen LogP contribution in [0.4, 0.5) is 0 Å². The van der Waals surface area contributed by atoms with Crippen LogP contribution in [-0.2, 0) is 15.4 Å². The van der Waals surface area contributed by atoms with Gasteiger partial charge >= 0.3 is 0 Å². The number of aliphatic hydroxyl groups is 1. The first-order chi connectivity index (χ1) is 6.49. The van der Waals surface area contributed by atoms with Gasteiger partial charge in [-0.2, -0.15) is 0 Å². The summed E-state index contributed by atoms with van der Waals surface area (Å²) < 4.78 is 23.3. The molecule has 0 bridgehead atoms. The molecular weight excluding hydrogens is 200 g/mol. The zero-order valence-electron chi connectivity index (χ0n) is 7.90. The van der Waals surface area contributed by atoms with E-state index in [9.17, 15) is 13.5 Å². The highest BCUT2D eigenvalue weighted by Crippen LogP contribution is 2.39. The van der Waals surface area contributed by atoms with Crippen LogP contribution in [0, 0.1) is 0 Å². The molecule has 0 aromatic heterocycles. The number of rotatable bonds is 1. The molecule has 0 fully saturated rings. The van der Waals surface area contributed by atoms with Crippen LogP contribution in [0.2, 0.25) is 0 Å². The van der Waals surface area contributed by atoms with Crippen molar-refractivity contribution in [3.05, 3.63) is 29.8 Å². The van der Waals surface area contributed by atoms with Crippen LogP contribution in [0.25, 0.3) is 0 Å². The summed E-state index contributed by atoms with van der Waals surface area (Å²) in [5.41, 5.74) is -0.641. The summed E-state index contributed by atoms with van der Waals surface area (Å²) in [6.45, 7) is 1.79. The highest BCUT2D eigenvalue weighted by atomic mass is 32.2. The highest BCUT2D eigenvalue weighted by molar-refractivity contribution is 7.91. The molecule has 0 amide bonds. The normalized spacial score (nSPS) is 28.7. The van der Waals surface area contributed by atoms with E-state index in [0.29, 0.717) is 12.0 Å². The first-order valence-electron chi connectivity index (χ1n) is 4.54. The Kier molecular flexibility index (Phi) is 1.94. The van der Waals surface area contributed by atoms with Crippen molar-refractivity contribution in [1.82, 2.24) is 0 Å². The number of sulfone groups is 1. The van der Waals surface area contributed by atoms with Gasteiger partial charge in [-0.15, -0.1) is 0 Å². The summed E-state index contributed by atoms with van der Waals surface area (Å²) in [6.07, 6.45) is 0.420.